The highest BCUT2D eigenvalue weighted by molar-refractivity contribution is 7.97. The van der Waals surface area contributed by atoms with Crippen LogP contribution >= 0.6 is 23.4 Å². The average Bonchev–Trinajstić information content (AvgIpc) is 2.84. The highest BCUT2D eigenvalue weighted by atomic mass is 32.2. The number of carbonyl (C=O) groups excluding carboxylic acids is 1. The fourth-order valence-corrected chi connectivity index (χ4v) is 3.14. The van der Waals surface area contributed by atoms with Crippen LogP contribution in [0.15, 0.2) is 28.6 Å². The number of hydrogen-bond donors (Lipinski definition) is 1. The summed E-state index contributed by atoms with van der Waals surface area (Å²) in [5.74, 6) is -1.19. The molecule has 1 heterocycles. The van der Waals surface area contributed by atoms with E-state index in [1.807, 2.05) is 24.3 Å². The van der Waals surface area contributed by atoms with E-state index in [0.717, 1.165) is 22.3 Å². The molecule has 20 heavy (non-hydrogen) atoms. The Hall–Kier alpha value is -1.60. The Morgan fingerprint density at radius 3 is 2.75 bits per heavy atom. The normalized spacial score (nSPS) is 10.6. The fourth-order valence-electron chi connectivity index (χ4n) is 1.56. The Bertz CT molecular complexity index is 578. The summed E-state index contributed by atoms with van der Waals surface area (Å²) in [6, 6.07) is 7.71. The molecule has 2 aromatic rings. The Kier molecular flexibility index (Phi) is 5.37. The number of carbonyl (C=O) groups is 2. The summed E-state index contributed by atoms with van der Waals surface area (Å²) in [6.07, 6.45) is 1.31. The summed E-state index contributed by atoms with van der Waals surface area (Å²) in [4.78, 5) is 26.1. The first kappa shape index (κ1) is 14.8. The van der Waals surface area contributed by atoms with Crippen LogP contribution in [-0.4, -0.2) is 22.0 Å². The van der Waals surface area contributed by atoms with Gasteiger partial charge in [0.15, 0.2) is 4.34 Å². The second-order valence-electron chi connectivity index (χ2n) is 4.09. The van der Waals surface area contributed by atoms with Crippen LogP contribution < -0.4 is 0 Å². The van der Waals surface area contributed by atoms with E-state index in [-0.39, 0.29) is 18.8 Å². The van der Waals surface area contributed by atoms with Crippen LogP contribution in [0.25, 0.3) is 10.2 Å². The first-order valence-electron chi connectivity index (χ1n) is 6.10. The van der Waals surface area contributed by atoms with Gasteiger partial charge in [0.25, 0.3) is 0 Å². The van der Waals surface area contributed by atoms with Crippen LogP contribution in [0.5, 0.6) is 0 Å². The van der Waals surface area contributed by atoms with Gasteiger partial charge in [-0.1, -0.05) is 12.1 Å². The van der Waals surface area contributed by atoms with Crippen molar-refractivity contribution in [1.29, 1.82) is 0 Å². The lowest BCUT2D eigenvalue weighted by Crippen LogP contribution is -2.00. The van der Waals surface area contributed by atoms with Gasteiger partial charge in [-0.05, 0) is 25.0 Å². The molecule has 0 spiro atoms. The SMILES string of the molecule is O=C(O)CCCCC(=O)OSc1nc2ccccc2s1. The molecule has 2 rings (SSSR count). The molecular formula is C13H13NO4S2. The number of carboxylic acids is 1. The minimum atomic E-state index is -0.845. The smallest absolute Gasteiger partial charge is 0.318 e. The van der Waals surface area contributed by atoms with Gasteiger partial charge in [0.05, 0.1) is 10.2 Å². The van der Waals surface area contributed by atoms with E-state index in [2.05, 4.69) is 4.98 Å². The van der Waals surface area contributed by atoms with Gasteiger partial charge in [0.1, 0.15) is 12.0 Å². The average molecular weight is 311 g/mol. The number of benzene rings is 1. The number of fused-ring (bicyclic) bond motifs is 1. The molecule has 1 N–H and O–H groups in total. The number of carboxylic acid groups (broad SMARTS) is 1. The first-order chi connectivity index (χ1) is 9.65. The quantitative estimate of drug-likeness (QED) is 0.623. The van der Waals surface area contributed by atoms with Crippen molar-refractivity contribution in [3.8, 4) is 0 Å². The third-order valence-corrected chi connectivity index (χ3v) is 4.29. The Morgan fingerprint density at radius 1 is 1.25 bits per heavy atom. The van der Waals surface area contributed by atoms with E-state index < -0.39 is 5.97 Å². The van der Waals surface area contributed by atoms with Crippen molar-refractivity contribution in [3.63, 3.8) is 0 Å². The summed E-state index contributed by atoms with van der Waals surface area (Å²) in [7, 11) is 0. The van der Waals surface area contributed by atoms with E-state index in [9.17, 15) is 9.59 Å². The van der Waals surface area contributed by atoms with Crippen LogP contribution in [0.2, 0.25) is 0 Å². The van der Waals surface area contributed by atoms with Crippen LogP contribution in [-0.2, 0) is 13.8 Å². The maximum atomic E-state index is 11.5. The Labute approximate surface area is 124 Å². The van der Waals surface area contributed by atoms with Crippen LogP contribution in [0.3, 0.4) is 0 Å². The fraction of sp³-hybridized carbons (Fsp3) is 0.308. The first-order valence-corrected chi connectivity index (χ1v) is 7.65. The topological polar surface area (TPSA) is 76.5 Å². The van der Waals surface area contributed by atoms with Crippen molar-refractivity contribution in [3.05, 3.63) is 24.3 Å². The Balaban J connectivity index is 1.74. The van der Waals surface area contributed by atoms with E-state index in [0.29, 0.717) is 17.2 Å². The molecule has 0 radical (unpaired) electrons. The minimum Gasteiger partial charge on any atom is -0.481 e. The molecule has 0 bridgehead atoms. The van der Waals surface area contributed by atoms with Crippen LogP contribution in [0.4, 0.5) is 0 Å². The molecule has 0 amide bonds. The van der Waals surface area contributed by atoms with Crippen molar-refractivity contribution in [1.82, 2.24) is 4.98 Å². The number of thiazole rings is 1. The molecule has 0 fully saturated rings. The van der Waals surface area contributed by atoms with Crippen molar-refractivity contribution in [2.24, 2.45) is 0 Å². The number of para-hydroxylation sites is 1. The molecule has 0 saturated heterocycles. The highest BCUT2D eigenvalue weighted by Crippen LogP contribution is 2.30. The molecule has 0 saturated carbocycles. The zero-order valence-electron chi connectivity index (χ0n) is 10.6. The molecule has 0 unspecified atom stereocenters. The van der Waals surface area contributed by atoms with E-state index in [1.165, 1.54) is 11.3 Å². The van der Waals surface area contributed by atoms with Gasteiger partial charge in [-0.2, -0.15) is 0 Å². The van der Waals surface area contributed by atoms with Gasteiger partial charge >= 0.3 is 11.9 Å². The van der Waals surface area contributed by atoms with Gasteiger partial charge in [-0.3, -0.25) is 9.59 Å². The highest BCUT2D eigenvalue weighted by Gasteiger charge is 2.09. The number of hydrogen-bond acceptors (Lipinski definition) is 6. The van der Waals surface area contributed by atoms with Gasteiger partial charge in [0, 0.05) is 12.8 Å². The maximum Gasteiger partial charge on any atom is 0.318 e. The molecule has 0 aliphatic carbocycles. The molecule has 0 atom stereocenters. The third-order valence-electron chi connectivity index (χ3n) is 2.50. The lowest BCUT2D eigenvalue weighted by molar-refractivity contribution is -0.138. The lowest BCUT2D eigenvalue weighted by Gasteiger charge is -1.99. The van der Waals surface area contributed by atoms with Crippen molar-refractivity contribution >= 4 is 45.5 Å². The standard InChI is InChI=1S/C13H13NO4S2/c15-11(16)7-3-4-8-12(17)18-20-13-14-9-5-1-2-6-10(9)19-13/h1-2,5-6H,3-4,7-8H2,(H,15,16). The largest absolute Gasteiger partial charge is 0.481 e. The lowest BCUT2D eigenvalue weighted by atomic mass is 10.2. The van der Waals surface area contributed by atoms with Gasteiger partial charge in [0.2, 0.25) is 0 Å². The number of rotatable bonds is 7. The zero-order chi connectivity index (χ0) is 14.4. The van der Waals surface area contributed by atoms with Crippen LogP contribution in [0, 0.1) is 0 Å². The van der Waals surface area contributed by atoms with Crippen molar-refractivity contribution in [2.75, 3.05) is 0 Å². The number of aliphatic carboxylic acids is 1. The summed E-state index contributed by atoms with van der Waals surface area (Å²) >= 11 is 2.43. The van der Waals surface area contributed by atoms with E-state index in [4.69, 9.17) is 9.29 Å². The second kappa shape index (κ2) is 7.25. The zero-order valence-corrected chi connectivity index (χ0v) is 12.2. The monoisotopic (exact) mass is 311 g/mol. The summed E-state index contributed by atoms with van der Waals surface area (Å²) in [5.41, 5.74) is 0.887. The van der Waals surface area contributed by atoms with E-state index >= 15 is 0 Å². The Morgan fingerprint density at radius 2 is 2.00 bits per heavy atom. The molecule has 0 aliphatic heterocycles. The number of aromatic nitrogens is 1. The summed E-state index contributed by atoms with van der Waals surface area (Å²) < 4.78 is 6.78. The molecule has 7 heteroatoms. The molecular weight excluding hydrogens is 298 g/mol. The number of unbranched alkanes of at least 4 members (excludes halogenated alkanes) is 1. The minimum absolute atomic E-state index is 0.0816. The third kappa shape index (κ3) is 4.50. The van der Waals surface area contributed by atoms with Crippen molar-refractivity contribution < 1.29 is 18.9 Å². The molecule has 5 nitrogen and oxygen atoms in total. The van der Waals surface area contributed by atoms with Gasteiger partial charge < -0.3 is 9.29 Å². The van der Waals surface area contributed by atoms with Gasteiger partial charge in [-0.25, -0.2) is 4.98 Å². The maximum absolute atomic E-state index is 11.5. The molecule has 0 aliphatic rings. The van der Waals surface area contributed by atoms with Crippen molar-refractivity contribution in [2.45, 2.75) is 30.0 Å². The predicted molar refractivity (Wildman–Crippen MR) is 77.7 cm³/mol. The second-order valence-corrected chi connectivity index (χ2v) is 6.10. The predicted octanol–water partition coefficient (Wildman–Crippen LogP) is 3.49. The number of nitrogens with zero attached hydrogens (tertiary/aromatic N) is 1. The van der Waals surface area contributed by atoms with Crippen LogP contribution in [0.1, 0.15) is 25.7 Å². The molecule has 1 aromatic carbocycles. The van der Waals surface area contributed by atoms with E-state index in [1.54, 1.807) is 0 Å². The summed E-state index contributed by atoms with van der Waals surface area (Å²) in [6.45, 7) is 0. The summed E-state index contributed by atoms with van der Waals surface area (Å²) in [5, 5.41) is 8.47. The molecule has 106 valence electrons. The molecule has 1 aromatic heterocycles. The van der Waals surface area contributed by atoms with Gasteiger partial charge in [-0.15, -0.1) is 11.3 Å².